The highest BCUT2D eigenvalue weighted by Crippen LogP contribution is 2.42. The Morgan fingerprint density at radius 2 is 0.884 bits per heavy atom. The molecule has 0 spiro atoms. The summed E-state index contributed by atoms with van der Waals surface area (Å²) in [5.74, 6) is 0. The van der Waals surface area contributed by atoms with Gasteiger partial charge in [-0.05, 0) is 88.6 Å². The van der Waals surface area contributed by atoms with Gasteiger partial charge in [0.1, 0.15) is 22.3 Å². The standard InChI is InChI=1S/C40H25NO2/c1-3-9-26(10-4-1)29-16-19-37-33(22-29)35-24-40-36(25-39(35)42-37)34-23-32(18-20-38(34)43-40)41(30-13-5-2-6-14-30)31-17-15-27-11-7-8-12-28(27)21-31/h1-25H. The lowest BCUT2D eigenvalue weighted by Crippen LogP contribution is -2.09. The molecule has 0 amide bonds. The smallest absolute Gasteiger partial charge is 0.136 e. The topological polar surface area (TPSA) is 29.5 Å². The number of hydrogen-bond donors (Lipinski definition) is 0. The van der Waals surface area contributed by atoms with Gasteiger partial charge >= 0.3 is 0 Å². The second-order valence-electron chi connectivity index (χ2n) is 11.0. The van der Waals surface area contributed by atoms with Gasteiger partial charge in [0.15, 0.2) is 0 Å². The third-order valence-electron chi connectivity index (χ3n) is 8.42. The second-order valence-corrected chi connectivity index (χ2v) is 11.0. The highest BCUT2D eigenvalue weighted by Gasteiger charge is 2.18. The lowest BCUT2D eigenvalue weighted by Gasteiger charge is -2.25. The van der Waals surface area contributed by atoms with Gasteiger partial charge in [0.05, 0.1) is 0 Å². The molecule has 0 bridgehead atoms. The van der Waals surface area contributed by atoms with Crippen LogP contribution in [0.5, 0.6) is 0 Å². The number of para-hydroxylation sites is 1. The predicted molar refractivity (Wildman–Crippen MR) is 179 cm³/mol. The molecule has 3 nitrogen and oxygen atoms in total. The molecule has 0 fully saturated rings. The molecule has 3 heteroatoms. The third-order valence-corrected chi connectivity index (χ3v) is 8.42. The lowest BCUT2D eigenvalue weighted by atomic mass is 10.0. The van der Waals surface area contributed by atoms with Gasteiger partial charge in [-0.15, -0.1) is 0 Å². The Bertz CT molecular complexity index is 2450. The minimum absolute atomic E-state index is 0.851. The monoisotopic (exact) mass is 551 g/mol. The number of rotatable bonds is 4. The summed E-state index contributed by atoms with van der Waals surface area (Å²) >= 11 is 0. The summed E-state index contributed by atoms with van der Waals surface area (Å²) in [4.78, 5) is 2.30. The Morgan fingerprint density at radius 3 is 1.63 bits per heavy atom. The first-order valence-corrected chi connectivity index (χ1v) is 14.5. The van der Waals surface area contributed by atoms with Crippen molar-refractivity contribution in [3.63, 3.8) is 0 Å². The van der Waals surface area contributed by atoms with Crippen molar-refractivity contribution in [1.29, 1.82) is 0 Å². The van der Waals surface area contributed by atoms with Crippen molar-refractivity contribution in [2.75, 3.05) is 4.90 Å². The zero-order valence-corrected chi connectivity index (χ0v) is 23.2. The van der Waals surface area contributed by atoms with E-state index in [1.807, 2.05) is 6.07 Å². The Morgan fingerprint density at radius 1 is 0.326 bits per heavy atom. The van der Waals surface area contributed by atoms with Crippen molar-refractivity contribution in [3.05, 3.63) is 152 Å². The predicted octanol–water partition coefficient (Wildman–Crippen LogP) is 11.8. The Labute approximate surface area is 247 Å². The minimum Gasteiger partial charge on any atom is -0.456 e. The van der Waals surface area contributed by atoms with Gasteiger partial charge in [0.25, 0.3) is 0 Å². The average Bonchev–Trinajstić information content (AvgIpc) is 3.61. The molecular weight excluding hydrogens is 526 g/mol. The van der Waals surface area contributed by atoms with Crippen molar-refractivity contribution in [3.8, 4) is 11.1 Å². The van der Waals surface area contributed by atoms with Crippen LogP contribution in [0.3, 0.4) is 0 Å². The van der Waals surface area contributed by atoms with Crippen molar-refractivity contribution in [2.45, 2.75) is 0 Å². The van der Waals surface area contributed by atoms with Crippen LogP contribution in [0.2, 0.25) is 0 Å². The lowest BCUT2D eigenvalue weighted by molar-refractivity contribution is 0.664. The van der Waals surface area contributed by atoms with Crippen LogP contribution in [0.1, 0.15) is 0 Å². The molecule has 202 valence electrons. The zero-order valence-electron chi connectivity index (χ0n) is 23.2. The van der Waals surface area contributed by atoms with E-state index in [0.717, 1.165) is 60.9 Å². The molecular formula is C40H25NO2. The van der Waals surface area contributed by atoms with E-state index < -0.39 is 0 Å². The first-order valence-electron chi connectivity index (χ1n) is 14.5. The van der Waals surface area contributed by atoms with Crippen LogP contribution in [0, 0.1) is 0 Å². The number of anilines is 3. The van der Waals surface area contributed by atoms with Gasteiger partial charge in [-0.1, -0.05) is 84.9 Å². The first kappa shape index (κ1) is 23.9. The van der Waals surface area contributed by atoms with Crippen LogP contribution < -0.4 is 4.90 Å². The summed E-state index contributed by atoms with van der Waals surface area (Å²) in [5.41, 5.74) is 9.05. The largest absolute Gasteiger partial charge is 0.456 e. The molecule has 2 heterocycles. The number of furan rings is 2. The van der Waals surface area contributed by atoms with Gasteiger partial charge in [0.2, 0.25) is 0 Å². The van der Waals surface area contributed by atoms with Crippen LogP contribution >= 0.6 is 0 Å². The van der Waals surface area contributed by atoms with Crippen LogP contribution in [0.25, 0.3) is 65.8 Å². The van der Waals surface area contributed by atoms with E-state index in [1.165, 1.54) is 21.9 Å². The van der Waals surface area contributed by atoms with Gasteiger partial charge in [0, 0.05) is 38.6 Å². The molecule has 0 aliphatic carbocycles. The maximum absolute atomic E-state index is 6.44. The minimum atomic E-state index is 0.851. The highest BCUT2D eigenvalue weighted by atomic mass is 16.3. The summed E-state index contributed by atoms with van der Waals surface area (Å²) < 4.78 is 12.8. The van der Waals surface area contributed by atoms with Crippen LogP contribution in [-0.4, -0.2) is 0 Å². The Balaban J connectivity index is 1.22. The number of nitrogens with zero attached hydrogens (tertiary/aromatic N) is 1. The molecule has 43 heavy (non-hydrogen) atoms. The van der Waals surface area contributed by atoms with Crippen molar-refractivity contribution >= 4 is 71.7 Å². The normalized spacial score (nSPS) is 11.7. The van der Waals surface area contributed by atoms with E-state index in [0.29, 0.717) is 0 Å². The SMILES string of the molecule is c1ccc(-c2ccc3oc4cc5c(cc4c3c2)oc2ccc(N(c3ccccc3)c3ccc4ccccc4c3)cc25)cc1. The fourth-order valence-electron chi connectivity index (χ4n) is 6.32. The Kier molecular flexibility index (Phi) is 5.20. The average molecular weight is 552 g/mol. The highest BCUT2D eigenvalue weighted by molar-refractivity contribution is 6.15. The summed E-state index contributed by atoms with van der Waals surface area (Å²) in [5, 5.41) is 6.67. The summed E-state index contributed by atoms with van der Waals surface area (Å²) in [6.45, 7) is 0. The maximum atomic E-state index is 6.44. The molecule has 0 N–H and O–H groups in total. The zero-order chi connectivity index (χ0) is 28.3. The fraction of sp³-hybridized carbons (Fsp3) is 0. The molecule has 0 aliphatic rings. The molecule has 0 aliphatic heterocycles. The summed E-state index contributed by atoms with van der Waals surface area (Å²) in [7, 11) is 0. The van der Waals surface area contributed by atoms with Gasteiger partial charge in [-0.25, -0.2) is 0 Å². The van der Waals surface area contributed by atoms with Gasteiger partial charge in [-0.2, -0.15) is 0 Å². The van der Waals surface area contributed by atoms with E-state index in [1.54, 1.807) is 0 Å². The van der Waals surface area contributed by atoms with Crippen LogP contribution in [-0.2, 0) is 0 Å². The quantitative estimate of drug-likeness (QED) is 0.218. The maximum Gasteiger partial charge on any atom is 0.136 e. The van der Waals surface area contributed by atoms with E-state index in [-0.39, 0.29) is 0 Å². The summed E-state index contributed by atoms with van der Waals surface area (Å²) in [6.07, 6.45) is 0. The molecule has 0 saturated carbocycles. The van der Waals surface area contributed by atoms with E-state index >= 15 is 0 Å². The third kappa shape index (κ3) is 3.90. The van der Waals surface area contributed by atoms with Gasteiger partial charge < -0.3 is 13.7 Å². The summed E-state index contributed by atoms with van der Waals surface area (Å²) in [6, 6.07) is 53.2. The number of hydrogen-bond acceptors (Lipinski definition) is 3. The fourth-order valence-corrected chi connectivity index (χ4v) is 6.32. The molecule has 0 saturated heterocycles. The molecule has 9 rings (SSSR count). The number of benzene rings is 7. The molecule has 2 aromatic heterocycles. The van der Waals surface area contributed by atoms with Crippen LogP contribution in [0.4, 0.5) is 17.1 Å². The van der Waals surface area contributed by atoms with E-state index in [4.69, 9.17) is 8.83 Å². The van der Waals surface area contributed by atoms with Crippen molar-refractivity contribution in [1.82, 2.24) is 0 Å². The van der Waals surface area contributed by atoms with Crippen molar-refractivity contribution < 1.29 is 8.83 Å². The van der Waals surface area contributed by atoms with E-state index in [2.05, 4.69) is 150 Å². The van der Waals surface area contributed by atoms with Crippen LogP contribution in [0.15, 0.2) is 160 Å². The molecule has 0 atom stereocenters. The van der Waals surface area contributed by atoms with Crippen molar-refractivity contribution in [2.24, 2.45) is 0 Å². The van der Waals surface area contributed by atoms with Gasteiger partial charge in [-0.3, -0.25) is 0 Å². The molecule has 0 unspecified atom stereocenters. The molecule has 9 aromatic rings. The number of fused-ring (bicyclic) bond motifs is 7. The van der Waals surface area contributed by atoms with E-state index in [9.17, 15) is 0 Å². The first-order chi connectivity index (χ1) is 21.3. The second kappa shape index (κ2) is 9.37. The Hall–Kier alpha value is -5.80. The molecule has 0 radical (unpaired) electrons. The molecule has 7 aromatic carbocycles.